The summed E-state index contributed by atoms with van der Waals surface area (Å²) in [5, 5.41) is 4.07. The Morgan fingerprint density at radius 3 is 2.86 bits per heavy atom. The Bertz CT molecular complexity index is 520. The van der Waals surface area contributed by atoms with Crippen molar-refractivity contribution >= 4 is 23.2 Å². The monoisotopic (exact) mass is 306 g/mol. The lowest BCUT2D eigenvalue weighted by Gasteiger charge is -2.24. The van der Waals surface area contributed by atoms with E-state index in [1.54, 1.807) is 21.1 Å². The summed E-state index contributed by atoms with van der Waals surface area (Å²) in [6.07, 6.45) is 5.40. The van der Waals surface area contributed by atoms with Gasteiger partial charge in [-0.15, -0.1) is 0 Å². The van der Waals surface area contributed by atoms with Crippen molar-refractivity contribution in [3.63, 3.8) is 0 Å². The Morgan fingerprint density at radius 2 is 2.19 bits per heavy atom. The molecule has 0 atom stereocenters. The van der Waals surface area contributed by atoms with Gasteiger partial charge in [-0.25, -0.2) is 0 Å². The summed E-state index contributed by atoms with van der Waals surface area (Å²) in [5.41, 5.74) is 1.33. The number of likely N-dealkylation sites (N-methyl/N-ethyl adjacent to an activating group) is 1. The van der Waals surface area contributed by atoms with Crippen molar-refractivity contribution in [3.05, 3.63) is 22.4 Å². The van der Waals surface area contributed by atoms with E-state index in [-0.39, 0.29) is 23.8 Å². The zero-order valence-electron chi connectivity index (χ0n) is 12.5. The highest BCUT2D eigenvalue weighted by Crippen LogP contribution is 2.45. The third kappa shape index (κ3) is 3.12. The van der Waals surface area contributed by atoms with Gasteiger partial charge in [-0.2, -0.15) is 11.3 Å². The van der Waals surface area contributed by atoms with Crippen LogP contribution in [0.25, 0.3) is 0 Å². The van der Waals surface area contributed by atoms with Crippen molar-refractivity contribution in [2.75, 3.05) is 20.1 Å². The van der Waals surface area contributed by atoms with Gasteiger partial charge < -0.3 is 9.80 Å². The standard InChI is InChI=1S/C16H22N2O2S/c1-17(9-13-4-7-21-11-13)15(20)10-18-12-16(8-14(18)19)5-2-3-6-16/h4,7,11H,2-3,5-6,8-10,12H2,1H3. The fourth-order valence-electron chi connectivity index (χ4n) is 3.61. The number of nitrogens with zero attached hydrogens (tertiary/aromatic N) is 2. The van der Waals surface area contributed by atoms with Gasteiger partial charge in [-0.1, -0.05) is 12.8 Å². The molecule has 0 N–H and O–H groups in total. The summed E-state index contributed by atoms with van der Waals surface area (Å²) in [5.74, 6) is 0.193. The fourth-order valence-corrected chi connectivity index (χ4v) is 4.27. The molecule has 4 nitrogen and oxygen atoms in total. The number of hydrogen-bond acceptors (Lipinski definition) is 3. The summed E-state index contributed by atoms with van der Waals surface area (Å²) in [6.45, 7) is 1.64. The van der Waals surface area contributed by atoms with Crippen LogP contribution < -0.4 is 0 Å². The van der Waals surface area contributed by atoms with E-state index in [0.717, 1.165) is 24.9 Å². The highest BCUT2D eigenvalue weighted by molar-refractivity contribution is 7.07. The molecule has 1 aliphatic heterocycles. The number of rotatable bonds is 4. The Morgan fingerprint density at radius 1 is 1.43 bits per heavy atom. The van der Waals surface area contributed by atoms with Crippen molar-refractivity contribution in [2.45, 2.75) is 38.6 Å². The topological polar surface area (TPSA) is 40.6 Å². The van der Waals surface area contributed by atoms with Crippen LogP contribution in [0.5, 0.6) is 0 Å². The maximum Gasteiger partial charge on any atom is 0.242 e. The zero-order valence-corrected chi connectivity index (χ0v) is 13.3. The normalized spacial score (nSPS) is 20.4. The molecule has 2 fully saturated rings. The van der Waals surface area contributed by atoms with E-state index in [1.165, 1.54) is 12.8 Å². The molecule has 0 aromatic carbocycles. The largest absolute Gasteiger partial charge is 0.340 e. The first-order valence-electron chi connectivity index (χ1n) is 7.61. The molecule has 21 heavy (non-hydrogen) atoms. The molecule has 0 unspecified atom stereocenters. The minimum absolute atomic E-state index is 0.0320. The number of thiophene rings is 1. The smallest absolute Gasteiger partial charge is 0.242 e. The van der Waals surface area contributed by atoms with Crippen molar-refractivity contribution in [1.29, 1.82) is 0 Å². The zero-order chi connectivity index (χ0) is 14.9. The molecule has 1 aromatic heterocycles. The molecule has 3 rings (SSSR count). The van der Waals surface area contributed by atoms with Crippen LogP contribution in [0.15, 0.2) is 16.8 Å². The maximum absolute atomic E-state index is 12.3. The molecule has 114 valence electrons. The predicted octanol–water partition coefficient (Wildman–Crippen LogP) is 2.50. The minimum Gasteiger partial charge on any atom is -0.340 e. The second kappa shape index (κ2) is 5.79. The van der Waals surface area contributed by atoms with Gasteiger partial charge in [0.15, 0.2) is 0 Å². The number of likely N-dealkylation sites (tertiary alicyclic amines) is 1. The Labute approximate surface area is 129 Å². The van der Waals surface area contributed by atoms with Crippen LogP contribution in [0.4, 0.5) is 0 Å². The van der Waals surface area contributed by atoms with Crippen molar-refractivity contribution in [3.8, 4) is 0 Å². The lowest BCUT2D eigenvalue weighted by atomic mass is 9.85. The van der Waals surface area contributed by atoms with Crippen molar-refractivity contribution in [1.82, 2.24) is 9.80 Å². The Hall–Kier alpha value is -1.36. The fraction of sp³-hybridized carbons (Fsp3) is 0.625. The lowest BCUT2D eigenvalue weighted by Crippen LogP contribution is -2.39. The van der Waals surface area contributed by atoms with Crippen molar-refractivity contribution < 1.29 is 9.59 Å². The van der Waals surface area contributed by atoms with Gasteiger partial charge in [0, 0.05) is 26.6 Å². The van der Waals surface area contributed by atoms with Crippen LogP contribution in [0.1, 0.15) is 37.7 Å². The SMILES string of the molecule is CN(Cc1ccsc1)C(=O)CN1CC2(CCCC2)CC1=O. The van der Waals surface area contributed by atoms with Crippen molar-refractivity contribution in [2.24, 2.45) is 5.41 Å². The molecule has 1 saturated carbocycles. The van der Waals surface area contributed by atoms with Gasteiger partial charge in [-0.05, 0) is 40.6 Å². The van der Waals surface area contributed by atoms with E-state index in [1.807, 2.05) is 18.5 Å². The quantitative estimate of drug-likeness (QED) is 0.857. The van der Waals surface area contributed by atoms with E-state index in [9.17, 15) is 9.59 Å². The first kappa shape index (κ1) is 14.6. The van der Waals surface area contributed by atoms with Crippen LogP contribution in [0.3, 0.4) is 0 Å². The van der Waals surface area contributed by atoms with E-state index < -0.39 is 0 Å². The van der Waals surface area contributed by atoms with Gasteiger partial charge in [0.25, 0.3) is 0 Å². The summed E-state index contributed by atoms with van der Waals surface area (Å²) in [7, 11) is 1.81. The van der Waals surface area contributed by atoms with E-state index in [2.05, 4.69) is 5.38 Å². The van der Waals surface area contributed by atoms with Crippen LogP contribution >= 0.6 is 11.3 Å². The average molecular weight is 306 g/mol. The summed E-state index contributed by atoms with van der Waals surface area (Å²) >= 11 is 1.64. The van der Waals surface area contributed by atoms with Crippen LogP contribution in [-0.2, 0) is 16.1 Å². The number of carbonyl (C=O) groups excluding carboxylic acids is 2. The first-order valence-corrected chi connectivity index (χ1v) is 8.55. The molecule has 2 heterocycles. The van der Waals surface area contributed by atoms with Gasteiger partial charge in [0.2, 0.25) is 11.8 Å². The van der Waals surface area contributed by atoms with Crippen LogP contribution in [0.2, 0.25) is 0 Å². The van der Waals surface area contributed by atoms with Gasteiger partial charge >= 0.3 is 0 Å². The number of carbonyl (C=O) groups is 2. The third-order valence-electron chi connectivity index (χ3n) is 4.82. The summed E-state index contributed by atoms with van der Waals surface area (Å²) in [4.78, 5) is 28.0. The van der Waals surface area contributed by atoms with Gasteiger partial charge in [0.1, 0.15) is 0 Å². The van der Waals surface area contributed by atoms with Crippen LogP contribution in [-0.4, -0.2) is 41.8 Å². The molecular formula is C16H22N2O2S. The average Bonchev–Trinajstić information content (AvgIpc) is 3.15. The first-order chi connectivity index (χ1) is 10.1. The third-order valence-corrected chi connectivity index (χ3v) is 5.55. The Balaban J connectivity index is 1.56. The second-order valence-electron chi connectivity index (χ2n) is 6.52. The molecule has 0 radical (unpaired) electrons. The van der Waals surface area contributed by atoms with E-state index in [0.29, 0.717) is 13.0 Å². The predicted molar refractivity (Wildman–Crippen MR) is 82.9 cm³/mol. The molecule has 1 aromatic rings. The highest BCUT2D eigenvalue weighted by Gasteiger charge is 2.45. The molecule has 2 amide bonds. The highest BCUT2D eigenvalue weighted by atomic mass is 32.1. The molecule has 5 heteroatoms. The molecule has 1 aliphatic carbocycles. The molecular weight excluding hydrogens is 284 g/mol. The Kier molecular flexibility index (Phi) is 4.02. The number of hydrogen-bond donors (Lipinski definition) is 0. The molecule has 0 bridgehead atoms. The van der Waals surface area contributed by atoms with E-state index in [4.69, 9.17) is 0 Å². The minimum atomic E-state index is 0.0320. The summed E-state index contributed by atoms with van der Waals surface area (Å²) in [6, 6.07) is 2.03. The van der Waals surface area contributed by atoms with Gasteiger partial charge in [-0.3, -0.25) is 9.59 Å². The lowest BCUT2D eigenvalue weighted by molar-refractivity contribution is -0.137. The maximum atomic E-state index is 12.3. The second-order valence-corrected chi connectivity index (χ2v) is 7.30. The summed E-state index contributed by atoms with van der Waals surface area (Å²) < 4.78 is 0. The van der Waals surface area contributed by atoms with Crippen LogP contribution in [0, 0.1) is 5.41 Å². The number of amides is 2. The molecule has 1 spiro atoms. The molecule has 2 aliphatic rings. The van der Waals surface area contributed by atoms with Gasteiger partial charge in [0.05, 0.1) is 6.54 Å². The van der Waals surface area contributed by atoms with E-state index >= 15 is 0 Å². The molecule has 1 saturated heterocycles.